The first-order valence-electron chi connectivity index (χ1n) is 5.07. The van der Waals surface area contributed by atoms with Gasteiger partial charge in [-0.3, -0.25) is 4.57 Å². The van der Waals surface area contributed by atoms with Crippen LogP contribution in [0.3, 0.4) is 0 Å². The second-order valence-corrected chi connectivity index (χ2v) is 4.09. The minimum atomic E-state index is -0.329. The van der Waals surface area contributed by atoms with Crippen molar-refractivity contribution in [2.75, 3.05) is 14.1 Å². The van der Waals surface area contributed by atoms with Gasteiger partial charge in [0, 0.05) is 27.1 Å². The molecule has 1 aromatic heterocycles. The molecule has 0 aliphatic heterocycles. The van der Waals surface area contributed by atoms with Crippen molar-refractivity contribution < 1.29 is 0 Å². The molecule has 0 fully saturated rings. The summed E-state index contributed by atoms with van der Waals surface area (Å²) in [5.74, 6) is 1.06. The van der Waals surface area contributed by atoms with E-state index in [1.54, 1.807) is 18.3 Å². The Labute approximate surface area is 94.7 Å². The standard InChI is InChI=1S/C10H17N5O/c1-7(2)8-12-9(11-6-14(3)4)13-10(16)15(8)5/h6-7H,1-5H3/b11-6+. The van der Waals surface area contributed by atoms with E-state index in [0.29, 0.717) is 5.82 Å². The van der Waals surface area contributed by atoms with E-state index in [1.165, 1.54) is 4.57 Å². The van der Waals surface area contributed by atoms with Crippen LogP contribution in [0.1, 0.15) is 25.6 Å². The van der Waals surface area contributed by atoms with Crippen molar-refractivity contribution in [3.05, 3.63) is 16.3 Å². The van der Waals surface area contributed by atoms with Gasteiger partial charge in [-0.25, -0.2) is 9.79 Å². The van der Waals surface area contributed by atoms with Gasteiger partial charge < -0.3 is 4.90 Å². The van der Waals surface area contributed by atoms with Crippen LogP contribution in [0.4, 0.5) is 5.95 Å². The maximum Gasteiger partial charge on any atom is 0.352 e. The van der Waals surface area contributed by atoms with E-state index in [2.05, 4.69) is 15.0 Å². The molecule has 0 atom stereocenters. The summed E-state index contributed by atoms with van der Waals surface area (Å²) in [7, 11) is 5.35. The number of rotatable bonds is 3. The maximum atomic E-state index is 11.5. The molecule has 0 aromatic carbocycles. The Balaban J connectivity index is 3.19. The van der Waals surface area contributed by atoms with Crippen LogP contribution in [-0.2, 0) is 7.05 Å². The molecule has 0 saturated carbocycles. The molecule has 0 N–H and O–H groups in total. The average molecular weight is 223 g/mol. The third kappa shape index (κ3) is 2.88. The molecule has 0 unspecified atom stereocenters. The van der Waals surface area contributed by atoms with Crippen LogP contribution in [0.25, 0.3) is 0 Å². The Bertz CT molecular complexity index is 447. The molecule has 0 aliphatic rings. The zero-order valence-electron chi connectivity index (χ0n) is 10.3. The summed E-state index contributed by atoms with van der Waals surface area (Å²) >= 11 is 0. The Morgan fingerprint density at radius 1 is 1.38 bits per heavy atom. The minimum absolute atomic E-state index is 0.161. The normalized spacial score (nSPS) is 11.4. The maximum absolute atomic E-state index is 11.5. The molecule has 6 heteroatoms. The first-order valence-corrected chi connectivity index (χ1v) is 5.07. The second kappa shape index (κ2) is 4.87. The fraction of sp³-hybridized carbons (Fsp3) is 0.600. The fourth-order valence-corrected chi connectivity index (χ4v) is 1.20. The van der Waals surface area contributed by atoms with Gasteiger partial charge in [-0.1, -0.05) is 13.8 Å². The molecule has 1 heterocycles. The Kier molecular flexibility index (Phi) is 3.76. The zero-order valence-corrected chi connectivity index (χ0v) is 10.3. The van der Waals surface area contributed by atoms with Crippen LogP contribution in [0, 0.1) is 0 Å². The average Bonchev–Trinajstić information content (AvgIpc) is 2.19. The molecule has 1 aromatic rings. The largest absolute Gasteiger partial charge is 0.369 e. The van der Waals surface area contributed by atoms with Crippen molar-refractivity contribution in [3.8, 4) is 0 Å². The summed E-state index contributed by atoms with van der Waals surface area (Å²) in [6.07, 6.45) is 1.57. The van der Waals surface area contributed by atoms with Crippen LogP contribution in [0.5, 0.6) is 0 Å². The molecule has 0 radical (unpaired) electrons. The molecular weight excluding hydrogens is 206 g/mol. The van der Waals surface area contributed by atoms with Gasteiger partial charge in [0.05, 0.1) is 6.34 Å². The lowest BCUT2D eigenvalue weighted by Gasteiger charge is -2.09. The van der Waals surface area contributed by atoms with Gasteiger partial charge in [0.25, 0.3) is 5.95 Å². The van der Waals surface area contributed by atoms with Gasteiger partial charge in [-0.2, -0.15) is 9.97 Å². The van der Waals surface area contributed by atoms with Gasteiger partial charge in [0.2, 0.25) is 0 Å². The van der Waals surface area contributed by atoms with Gasteiger partial charge in [0.15, 0.2) is 0 Å². The highest BCUT2D eigenvalue weighted by atomic mass is 16.1. The van der Waals surface area contributed by atoms with Crippen molar-refractivity contribution in [1.29, 1.82) is 0 Å². The number of hydrogen-bond donors (Lipinski definition) is 0. The van der Waals surface area contributed by atoms with Crippen molar-refractivity contribution in [1.82, 2.24) is 19.4 Å². The SMILES string of the molecule is CC(C)c1nc(/N=C/N(C)C)nc(=O)n1C. The van der Waals surface area contributed by atoms with E-state index in [9.17, 15) is 4.79 Å². The van der Waals surface area contributed by atoms with Crippen LogP contribution >= 0.6 is 0 Å². The highest BCUT2D eigenvalue weighted by Crippen LogP contribution is 2.10. The summed E-state index contributed by atoms with van der Waals surface area (Å²) in [6, 6.07) is 0. The summed E-state index contributed by atoms with van der Waals surface area (Å²) in [5.41, 5.74) is -0.329. The lowest BCUT2D eigenvalue weighted by atomic mass is 10.2. The summed E-state index contributed by atoms with van der Waals surface area (Å²) in [6.45, 7) is 3.95. The number of nitrogens with zero attached hydrogens (tertiary/aromatic N) is 5. The summed E-state index contributed by atoms with van der Waals surface area (Å²) in [4.78, 5) is 25.3. The second-order valence-electron chi connectivity index (χ2n) is 4.09. The van der Waals surface area contributed by atoms with Gasteiger partial charge in [-0.15, -0.1) is 0 Å². The van der Waals surface area contributed by atoms with Crippen molar-refractivity contribution in [3.63, 3.8) is 0 Å². The van der Waals surface area contributed by atoms with Gasteiger partial charge in [-0.05, 0) is 0 Å². The van der Waals surface area contributed by atoms with Gasteiger partial charge >= 0.3 is 5.69 Å². The van der Waals surface area contributed by atoms with Gasteiger partial charge in [0.1, 0.15) is 5.82 Å². The third-order valence-electron chi connectivity index (χ3n) is 1.96. The van der Waals surface area contributed by atoms with Crippen LogP contribution in [0.15, 0.2) is 9.79 Å². The highest BCUT2D eigenvalue weighted by Gasteiger charge is 2.09. The topological polar surface area (TPSA) is 63.4 Å². The summed E-state index contributed by atoms with van der Waals surface area (Å²) < 4.78 is 1.44. The van der Waals surface area contributed by atoms with Crippen LogP contribution in [-0.4, -0.2) is 39.9 Å². The van der Waals surface area contributed by atoms with Crippen molar-refractivity contribution >= 4 is 12.3 Å². The van der Waals surface area contributed by atoms with E-state index in [-0.39, 0.29) is 17.6 Å². The van der Waals surface area contributed by atoms with Crippen LogP contribution in [0.2, 0.25) is 0 Å². The monoisotopic (exact) mass is 223 g/mol. The van der Waals surface area contributed by atoms with Crippen LogP contribution < -0.4 is 5.69 Å². The van der Waals surface area contributed by atoms with E-state index in [0.717, 1.165) is 0 Å². The predicted octanol–water partition coefficient (Wildman–Crippen LogP) is 0.520. The Morgan fingerprint density at radius 3 is 2.50 bits per heavy atom. The first-order chi connectivity index (χ1) is 7.41. The minimum Gasteiger partial charge on any atom is -0.369 e. The molecule has 0 spiro atoms. The summed E-state index contributed by atoms with van der Waals surface area (Å²) in [5, 5.41) is 0. The highest BCUT2D eigenvalue weighted by molar-refractivity contribution is 5.57. The van der Waals surface area contributed by atoms with E-state index < -0.39 is 0 Å². The molecule has 1 rings (SSSR count). The Hall–Kier alpha value is -1.72. The first kappa shape index (κ1) is 12.4. The lowest BCUT2D eigenvalue weighted by Crippen LogP contribution is -2.25. The van der Waals surface area contributed by atoms with E-state index >= 15 is 0 Å². The molecule has 88 valence electrons. The molecular formula is C10H17N5O. The smallest absolute Gasteiger partial charge is 0.352 e. The lowest BCUT2D eigenvalue weighted by molar-refractivity contribution is 0.632. The third-order valence-corrected chi connectivity index (χ3v) is 1.96. The van der Waals surface area contributed by atoms with E-state index in [4.69, 9.17) is 0 Å². The number of aliphatic imine (C=N–C) groups is 1. The zero-order chi connectivity index (χ0) is 12.3. The Morgan fingerprint density at radius 2 is 2.00 bits per heavy atom. The predicted molar refractivity (Wildman–Crippen MR) is 63.2 cm³/mol. The molecule has 16 heavy (non-hydrogen) atoms. The fourth-order valence-electron chi connectivity index (χ4n) is 1.20. The van der Waals surface area contributed by atoms with Crippen molar-refractivity contribution in [2.45, 2.75) is 19.8 Å². The van der Waals surface area contributed by atoms with Crippen molar-refractivity contribution in [2.24, 2.45) is 12.0 Å². The quantitative estimate of drug-likeness (QED) is 0.553. The molecule has 0 bridgehead atoms. The number of aromatic nitrogens is 3. The molecule has 6 nitrogen and oxygen atoms in total. The molecule has 0 aliphatic carbocycles. The van der Waals surface area contributed by atoms with E-state index in [1.807, 2.05) is 27.9 Å². The number of hydrogen-bond acceptors (Lipinski definition) is 4. The molecule has 0 saturated heterocycles. The molecule has 0 amide bonds.